The van der Waals surface area contributed by atoms with Gasteiger partial charge in [0.2, 0.25) is 5.91 Å². The molecule has 5 nitrogen and oxygen atoms in total. The van der Waals surface area contributed by atoms with Crippen molar-refractivity contribution in [1.29, 1.82) is 0 Å². The van der Waals surface area contributed by atoms with Crippen LogP contribution in [0.15, 0.2) is 48.5 Å². The minimum Gasteiger partial charge on any atom is -0.326 e. The number of rotatable bonds is 6. The van der Waals surface area contributed by atoms with E-state index in [1.165, 1.54) is 24.6 Å². The zero-order valence-corrected chi connectivity index (χ0v) is 15.1. The first-order valence-electron chi connectivity index (χ1n) is 8.80. The van der Waals surface area contributed by atoms with Gasteiger partial charge in [0, 0.05) is 38.2 Å². The van der Waals surface area contributed by atoms with Crippen molar-refractivity contribution in [1.82, 2.24) is 15.8 Å². The SMILES string of the molecule is CC(=O)Nc1ccc(CN(C)CC2CNNC2c2ccc(F)cc2)cc1. The molecule has 0 aliphatic carbocycles. The number of carbonyl (C=O) groups excluding carboxylic acids is 1. The lowest BCUT2D eigenvalue weighted by Crippen LogP contribution is -2.30. The van der Waals surface area contributed by atoms with Crippen LogP contribution >= 0.6 is 0 Å². The van der Waals surface area contributed by atoms with Crippen LogP contribution in [0.2, 0.25) is 0 Å². The molecular weight excluding hydrogens is 331 g/mol. The number of nitrogens with zero attached hydrogens (tertiary/aromatic N) is 1. The lowest BCUT2D eigenvalue weighted by atomic mass is 9.94. The van der Waals surface area contributed by atoms with Crippen LogP contribution in [0.3, 0.4) is 0 Å². The summed E-state index contributed by atoms with van der Waals surface area (Å²) in [6, 6.07) is 14.8. The highest BCUT2D eigenvalue weighted by atomic mass is 19.1. The standard InChI is InChI=1S/C20H25FN4O/c1-14(26)23-19-9-3-15(4-10-19)12-25(2)13-17-11-22-24-20(17)16-5-7-18(21)8-6-16/h3-10,17,20,22,24H,11-13H2,1-2H3,(H,23,26). The molecule has 138 valence electrons. The number of hydrazine groups is 1. The first-order valence-corrected chi connectivity index (χ1v) is 8.80. The Labute approximate surface area is 153 Å². The van der Waals surface area contributed by atoms with Gasteiger partial charge in [-0.25, -0.2) is 9.82 Å². The highest BCUT2D eigenvalue weighted by molar-refractivity contribution is 5.88. The number of benzene rings is 2. The van der Waals surface area contributed by atoms with Crippen molar-refractivity contribution in [3.63, 3.8) is 0 Å². The van der Waals surface area contributed by atoms with E-state index in [4.69, 9.17) is 0 Å². The van der Waals surface area contributed by atoms with Gasteiger partial charge in [-0.15, -0.1) is 0 Å². The molecule has 26 heavy (non-hydrogen) atoms. The van der Waals surface area contributed by atoms with Crippen LogP contribution in [-0.4, -0.2) is 30.9 Å². The zero-order valence-electron chi connectivity index (χ0n) is 15.1. The first kappa shape index (κ1) is 18.5. The maximum atomic E-state index is 13.2. The molecule has 1 amide bonds. The molecule has 0 aromatic heterocycles. The Morgan fingerprint density at radius 2 is 1.88 bits per heavy atom. The minimum atomic E-state index is -0.212. The van der Waals surface area contributed by atoms with Crippen LogP contribution in [0, 0.1) is 11.7 Å². The predicted octanol–water partition coefficient (Wildman–Crippen LogP) is 2.68. The van der Waals surface area contributed by atoms with E-state index in [1.54, 1.807) is 0 Å². The van der Waals surface area contributed by atoms with E-state index in [1.807, 2.05) is 36.4 Å². The summed E-state index contributed by atoms with van der Waals surface area (Å²) in [5, 5.41) is 2.78. The number of anilines is 1. The summed E-state index contributed by atoms with van der Waals surface area (Å²) in [6.45, 7) is 4.11. The van der Waals surface area contributed by atoms with Crippen LogP contribution in [0.1, 0.15) is 24.1 Å². The number of amides is 1. The fourth-order valence-corrected chi connectivity index (χ4v) is 3.40. The second-order valence-electron chi connectivity index (χ2n) is 6.89. The van der Waals surface area contributed by atoms with E-state index in [2.05, 4.69) is 28.1 Å². The van der Waals surface area contributed by atoms with Gasteiger partial charge in [-0.3, -0.25) is 10.2 Å². The van der Waals surface area contributed by atoms with Crippen molar-refractivity contribution in [2.45, 2.75) is 19.5 Å². The van der Waals surface area contributed by atoms with Gasteiger partial charge in [0.05, 0.1) is 6.04 Å². The molecular formula is C20H25FN4O. The summed E-state index contributed by atoms with van der Waals surface area (Å²) in [7, 11) is 2.10. The van der Waals surface area contributed by atoms with Crippen molar-refractivity contribution < 1.29 is 9.18 Å². The highest BCUT2D eigenvalue weighted by Crippen LogP contribution is 2.26. The molecule has 1 fully saturated rings. The van der Waals surface area contributed by atoms with Crippen LogP contribution in [0.4, 0.5) is 10.1 Å². The Morgan fingerprint density at radius 3 is 2.54 bits per heavy atom. The van der Waals surface area contributed by atoms with Gasteiger partial charge in [-0.1, -0.05) is 24.3 Å². The van der Waals surface area contributed by atoms with E-state index >= 15 is 0 Å². The Bertz CT molecular complexity index is 732. The minimum absolute atomic E-state index is 0.0667. The summed E-state index contributed by atoms with van der Waals surface area (Å²) in [4.78, 5) is 13.4. The van der Waals surface area contributed by atoms with Crippen molar-refractivity contribution in [2.75, 3.05) is 25.5 Å². The van der Waals surface area contributed by atoms with E-state index in [-0.39, 0.29) is 17.8 Å². The topological polar surface area (TPSA) is 56.4 Å². The van der Waals surface area contributed by atoms with Gasteiger partial charge < -0.3 is 10.2 Å². The van der Waals surface area contributed by atoms with E-state index in [0.717, 1.165) is 30.9 Å². The lowest BCUT2D eigenvalue weighted by Gasteiger charge is -2.25. The molecule has 3 rings (SSSR count). The number of hydrogen-bond acceptors (Lipinski definition) is 4. The second kappa shape index (κ2) is 8.40. The number of nitrogens with one attached hydrogen (secondary N) is 3. The maximum Gasteiger partial charge on any atom is 0.221 e. The quantitative estimate of drug-likeness (QED) is 0.745. The normalized spacial score (nSPS) is 19.7. The molecule has 1 heterocycles. The van der Waals surface area contributed by atoms with Crippen LogP contribution in [-0.2, 0) is 11.3 Å². The van der Waals surface area contributed by atoms with E-state index in [9.17, 15) is 9.18 Å². The molecule has 2 atom stereocenters. The third kappa shape index (κ3) is 4.88. The highest BCUT2D eigenvalue weighted by Gasteiger charge is 2.29. The second-order valence-corrected chi connectivity index (χ2v) is 6.89. The Morgan fingerprint density at radius 1 is 1.19 bits per heavy atom. The third-order valence-corrected chi connectivity index (χ3v) is 4.60. The molecule has 3 N–H and O–H groups in total. The van der Waals surface area contributed by atoms with Crippen molar-refractivity contribution in [3.8, 4) is 0 Å². The van der Waals surface area contributed by atoms with Gasteiger partial charge in [0.15, 0.2) is 0 Å². The monoisotopic (exact) mass is 356 g/mol. The molecule has 1 aliphatic heterocycles. The molecule has 2 aromatic carbocycles. The lowest BCUT2D eigenvalue weighted by molar-refractivity contribution is -0.114. The summed E-state index contributed by atoms with van der Waals surface area (Å²) in [6.07, 6.45) is 0. The summed E-state index contributed by atoms with van der Waals surface area (Å²) in [5.74, 6) is 0.114. The average molecular weight is 356 g/mol. The van der Waals surface area contributed by atoms with Crippen molar-refractivity contribution in [2.24, 2.45) is 5.92 Å². The molecule has 2 aromatic rings. The first-order chi connectivity index (χ1) is 12.5. The van der Waals surface area contributed by atoms with Crippen LogP contribution < -0.4 is 16.2 Å². The molecule has 0 radical (unpaired) electrons. The molecule has 0 spiro atoms. The van der Waals surface area contributed by atoms with Gasteiger partial charge in [-0.05, 0) is 42.4 Å². The largest absolute Gasteiger partial charge is 0.326 e. The molecule has 1 saturated heterocycles. The molecule has 2 unspecified atom stereocenters. The smallest absolute Gasteiger partial charge is 0.221 e. The van der Waals surface area contributed by atoms with Crippen molar-refractivity contribution in [3.05, 3.63) is 65.5 Å². The Balaban J connectivity index is 1.57. The fraction of sp³-hybridized carbons (Fsp3) is 0.350. The van der Waals surface area contributed by atoms with Gasteiger partial charge >= 0.3 is 0 Å². The summed E-state index contributed by atoms with van der Waals surface area (Å²) >= 11 is 0. The van der Waals surface area contributed by atoms with E-state index in [0.29, 0.717) is 5.92 Å². The number of halogens is 1. The Hall–Kier alpha value is -2.28. The Kier molecular flexibility index (Phi) is 5.98. The number of hydrogen-bond donors (Lipinski definition) is 3. The third-order valence-electron chi connectivity index (χ3n) is 4.60. The summed E-state index contributed by atoms with van der Waals surface area (Å²) < 4.78 is 13.2. The molecule has 0 bridgehead atoms. The molecule has 0 saturated carbocycles. The fourth-order valence-electron chi connectivity index (χ4n) is 3.40. The summed E-state index contributed by atoms with van der Waals surface area (Å²) in [5.41, 5.74) is 9.61. The van der Waals surface area contributed by atoms with Crippen LogP contribution in [0.5, 0.6) is 0 Å². The van der Waals surface area contributed by atoms with Gasteiger partial charge in [0.25, 0.3) is 0 Å². The molecule has 1 aliphatic rings. The van der Waals surface area contributed by atoms with Gasteiger partial charge in [-0.2, -0.15) is 0 Å². The van der Waals surface area contributed by atoms with Crippen LogP contribution in [0.25, 0.3) is 0 Å². The van der Waals surface area contributed by atoms with Gasteiger partial charge in [0.1, 0.15) is 5.82 Å². The van der Waals surface area contributed by atoms with E-state index < -0.39 is 0 Å². The number of carbonyl (C=O) groups is 1. The average Bonchev–Trinajstić information content (AvgIpc) is 3.05. The maximum absolute atomic E-state index is 13.2. The zero-order chi connectivity index (χ0) is 18.5. The van der Waals surface area contributed by atoms with Crippen molar-refractivity contribution >= 4 is 11.6 Å². The predicted molar refractivity (Wildman–Crippen MR) is 101 cm³/mol. The molecule has 6 heteroatoms.